The van der Waals surface area contributed by atoms with Crippen LogP contribution >= 0.6 is 0 Å². The summed E-state index contributed by atoms with van der Waals surface area (Å²) in [6, 6.07) is 18.2. The first-order valence-corrected chi connectivity index (χ1v) is 14.4. The molecule has 1 aliphatic heterocycles. The second kappa shape index (κ2) is 12.1. The number of aromatic nitrogens is 3. The molecule has 3 heterocycles. The fourth-order valence-electron chi connectivity index (χ4n) is 6.11. The van der Waals surface area contributed by atoms with Gasteiger partial charge in [-0.2, -0.15) is 0 Å². The molecular formula is C32H43N5O2. The topological polar surface area (TPSA) is 86.4 Å². The molecule has 2 aromatic carbocycles. The average Bonchev–Trinajstić information content (AvgIpc) is 3.51. The molecular weight excluding hydrogens is 486 g/mol. The van der Waals surface area contributed by atoms with Gasteiger partial charge < -0.3 is 25.0 Å². The second-order valence-electron chi connectivity index (χ2n) is 12.0. The second-order valence-corrected chi connectivity index (χ2v) is 12.0. The van der Waals surface area contributed by atoms with Crippen molar-refractivity contribution in [1.29, 1.82) is 0 Å². The Labute approximate surface area is 231 Å². The summed E-state index contributed by atoms with van der Waals surface area (Å²) >= 11 is 0. The largest absolute Gasteiger partial charge is 0.366 e. The summed E-state index contributed by atoms with van der Waals surface area (Å²) in [5, 5.41) is 23.7. The maximum Gasteiger partial charge on any atom is 0.156 e. The number of likely N-dealkylation sites (tertiary alicyclic amines) is 1. The molecule has 1 aliphatic carbocycles. The van der Waals surface area contributed by atoms with Gasteiger partial charge in [-0.3, -0.25) is 0 Å². The number of aliphatic hydroxyl groups is 2. The predicted molar refractivity (Wildman–Crippen MR) is 158 cm³/mol. The zero-order chi connectivity index (χ0) is 27.4. The van der Waals surface area contributed by atoms with Gasteiger partial charge in [0, 0.05) is 43.8 Å². The van der Waals surface area contributed by atoms with Crippen molar-refractivity contribution < 1.29 is 10.2 Å². The van der Waals surface area contributed by atoms with Crippen molar-refractivity contribution in [3.8, 4) is 0 Å². The standard InChI is InChI=1S/C29H35N5.C3H8O2/c1-21-28-11-13-34(29(28)32-20-31-21)27-9-7-23(15-27)17-33-18-24(19-33)16-30-12-10-22-6-8-25-4-2-3-5-26(25)14-22;1-3(2,4)5/h2-6,8,11,13-14,20,23-24,27,30H,7,9-10,12,15-19H2,1H3;4-5H,1-2H3. The molecule has 2 unspecified atom stereocenters. The third-order valence-corrected chi connectivity index (χ3v) is 8.00. The van der Waals surface area contributed by atoms with Crippen LogP contribution in [0.15, 0.2) is 61.1 Å². The van der Waals surface area contributed by atoms with Gasteiger partial charge in [0.1, 0.15) is 12.0 Å². The van der Waals surface area contributed by atoms with Crippen LogP contribution in [0.5, 0.6) is 0 Å². The third kappa shape index (κ3) is 7.42. The zero-order valence-corrected chi connectivity index (χ0v) is 23.6. The monoisotopic (exact) mass is 529 g/mol. The van der Waals surface area contributed by atoms with Gasteiger partial charge in [-0.1, -0.05) is 42.5 Å². The molecule has 6 rings (SSSR count). The first-order valence-electron chi connectivity index (χ1n) is 14.4. The summed E-state index contributed by atoms with van der Waals surface area (Å²) in [6.07, 6.45) is 8.91. The highest BCUT2D eigenvalue weighted by atomic mass is 16.5. The summed E-state index contributed by atoms with van der Waals surface area (Å²) in [5.41, 5.74) is 3.61. The number of rotatable bonds is 8. The predicted octanol–water partition coefficient (Wildman–Crippen LogP) is 4.71. The molecule has 2 atom stereocenters. The lowest BCUT2D eigenvalue weighted by molar-refractivity contribution is -0.127. The van der Waals surface area contributed by atoms with Crippen LogP contribution in [-0.2, 0) is 6.42 Å². The summed E-state index contributed by atoms with van der Waals surface area (Å²) in [4.78, 5) is 11.6. The molecule has 2 aromatic heterocycles. The van der Waals surface area contributed by atoms with E-state index in [2.05, 4.69) is 86.4 Å². The SMILES string of the molecule is CC(C)(O)O.Cc1ncnc2c1ccn2C1CCC(CN2CC(CNCCc3ccc4ccccc4c3)C2)C1. The lowest BCUT2D eigenvalue weighted by Gasteiger charge is -2.41. The van der Waals surface area contributed by atoms with Crippen LogP contribution in [0.25, 0.3) is 21.8 Å². The van der Waals surface area contributed by atoms with E-state index in [0.717, 1.165) is 42.7 Å². The van der Waals surface area contributed by atoms with Gasteiger partial charge in [-0.15, -0.1) is 0 Å². The van der Waals surface area contributed by atoms with Crippen LogP contribution in [0.3, 0.4) is 0 Å². The van der Waals surface area contributed by atoms with Gasteiger partial charge in [0.2, 0.25) is 0 Å². The van der Waals surface area contributed by atoms with Gasteiger partial charge in [0.05, 0.1) is 5.69 Å². The van der Waals surface area contributed by atoms with E-state index in [-0.39, 0.29) is 0 Å². The van der Waals surface area contributed by atoms with E-state index in [4.69, 9.17) is 10.2 Å². The number of hydrogen-bond acceptors (Lipinski definition) is 6. The quantitative estimate of drug-likeness (QED) is 0.227. The van der Waals surface area contributed by atoms with Crippen LogP contribution in [0.4, 0.5) is 0 Å². The highest BCUT2D eigenvalue weighted by Crippen LogP contribution is 2.37. The molecule has 1 saturated carbocycles. The molecule has 0 amide bonds. The maximum atomic E-state index is 8.08. The van der Waals surface area contributed by atoms with Gasteiger partial charge in [-0.25, -0.2) is 9.97 Å². The van der Waals surface area contributed by atoms with Crippen molar-refractivity contribution in [1.82, 2.24) is 24.8 Å². The average molecular weight is 530 g/mol. The Balaban J connectivity index is 0.000000567. The van der Waals surface area contributed by atoms with Gasteiger partial charge >= 0.3 is 0 Å². The summed E-state index contributed by atoms with van der Waals surface area (Å²) in [6.45, 7) is 10.6. The van der Waals surface area contributed by atoms with Crippen molar-refractivity contribution in [3.63, 3.8) is 0 Å². The number of fused-ring (bicyclic) bond motifs is 2. The minimum atomic E-state index is -1.50. The Kier molecular flexibility index (Phi) is 8.62. The molecule has 7 nitrogen and oxygen atoms in total. The molecule has 1 saturated heterocycles. The van der Waals surface area contributed by atoms with Crippen LogP contribution in [-0.4, -0.2) is 68.2 Å². The number of nitrogens with zero attached hydrogens (tertiary/aromatic N) is 4. The fraction of sp³-hybridized carbons (Fsp3) is 0.500. The number of benzene rings is 2. The number of hydrogen-bond donors (Lipinski definition) is 3. The van der Waals surface area contributed by atoms with Crippen molar-refractivity contribution in [2.45, 2.75) is 58.3 Å². The molecule has 208 valence electrons. The normalized spacial score (nSPS) is 20.2. The molecule has 0 bridgehead atoms. The highest BCUT2D eigenvalue weighted by molar-refractivity contribution is 5.83. The first-order chi connectivity index (χ1) is 18.7. The Hall–Kier alpha value is -2.84. The Morgan fingerprint density at radius 1 is 0.974 bits per heavy atom. The smallest absolute Gasteiger partial charge is 0.156 e. The first kappa shape index (κ1) is 27.7. The Morgan fingerprint density at radius 2 is 1.74 bits per heavy atom. The van der Waals surface area contributed by atoms with Gasteiger partial charge in [-0.05, 0) is 87.2 Å². The molecule has 7 heteroatoms. The highest BCUT2D eigenvalue weighted by Gasteiger charge is 2.32. The number of aryl methyl sites for hydroxylation is 1. The Bertz CT molecular complexity index is 1370. The summed E-state index contributed by atoms with van der Waals surface area (Å²) in [7, 11) is 0. The minimum absolute atomic E-state index is 0.589. The summed E-state index contributed by atoms with van der Waals surface area (Å²) in [5.74, 6) is 0.120. The third-order valence-electron chi connectivity index (χ3n) is 8.00. The lowest BCUT2D eigenvalue weighted by atomic mass is 9.97. The molecule has 2 aliphatic rings. The van der Waals surface area contributed by atoms with Crippen LogP contribution in [0, 0.1) is 18.8 Å². The van der Waals surface area contributed by atoms with Crippen molar-refractivity contribution in [3.05, 3.63) is 72.3 Å². The maximum absolute atomic E-state index is 8.08. The minimum Gasteiger partial charge on any atom is -0.366 e. The molecule has 0 spiro atoms. The zero-order valence-electron chi connectivity index (χ0n) is 23.6. The Morgan fingerprint density at radius 3 is 2.54 bits per heavy atom. The van der Waals surface area contributed by atoms with Crippen LogP contribution < -0.4 is 5.32 Å². The van der Waals surface area contributed by atoms with Gasteiger partial charge in [0.15, 0.2) is 5.79 Å². The number of nitrogens with one attached hydrogen (secondary N) is 1. The van der Waals surface area contributed by atoms with E-state index < -0.39 is 5.79 Å². The van der Waals surface area contributed by atoms with Crippen molar-refractivity contribution >= 4 is 21.8 Å². The van der Waals surface area contributed by atoms with E-state index in [9.17, 15) is 0 Å². The summed E-state index contributed by atoms with van der Waals surface area (Å²) < 4.78 is 2.41. The molecule has 4 aromatic rings. The van der Waals surface area contributed by atoms with Crippen molar-refractivity contribution in [2.75, 3.05) is 32.7 Å². The molecule has 2 fully saturated rings. The fourth-order valence-corrected chi connectivity index (χ4v) is 6.11. The van der Waals surface area contributed by atoms with E-state index in [0.29, 0.717) is 6.04 Å². The van der Waals surface area contributed by atoms with Crippen molar-refractivity contribution in [2.24, 2.45) is 11.8 Å². The molecule has 3 N–H and O–H groups in total. The van der Waals surface area contributed by atoms with Gasteiger partial charge in [0.25, 0.3) is 0 Å². The van der Waals surface area contributed by atoms with Crippen LogP contribution in [0.1, 0.15) is 50.4 Å². The van der Waals surface area contributed by atoms with E-state index in [1.54, 1.807) is 6.33 Å². The lowest BCUT2D eigenvalue weighted by Crippen LogP contribution is -2.52. The van der Waals surface area contributed by atoms with E-state index >= 15 is 0 Å². The molecule has 0 radical (unpaired) electrons. The molecule has 39 heavy (non-hydrogen) atoms. The van der Waals surface area contributed by atoms with E-state index in [1.807, 2.05) is 0 Å². The van der Waals surface area contributed by atoms with E-state index in [1.165, 1.54) is 74.5 Å². The van der Waals surface area contributed by atoms with Crippen LogP contribution in [0.2, 0.25) is 0 Å².